The fraction of sp³-hybridized carbons (Fsp3) is 0.556. The van der Waals surface area contributed by atoms with Crippen molar-refractivity contribution in [1.82, 2.24) is 20.5 Å². The van der Waals surface area contributed by atoms with Crippen LogP contribution in [0, 0.1) is 5.92 Å². The first-order chi connectivity index (χ1) is 12.6. The Morgan fingerprint density at radius 2 is 1.92 bits per heavy atom. The quantitative estimate of drug-likeness (QED) is 0.575. The molecule has 2 rings (SSSR count). The molecule has 3 amide bonds. The summed E-state index contributed by atoms with van der Waals surface area (Å²) in [6, 6.07) is 3.58. The van der Waals surface area contributed by atoms with Crippen molar-refractivity contribution in [1.29, 1.82) is 0 Å². The lowest BCUT2D eigenvalue weighted by Crippen LogP contribution is -2.45. The molecular formula is C18H26N4O3S. The van der Waals surface area contributed by atoms with Crippen LogP contribution < -0.4 is 10.6 Å². The summed E-state index contributed by atoms with van der Waals surface area (Å²) in [5.41, 5.74) is 0.638. The summed E-state index contributed by atoms with van der Waals surface area (Å²) >= 11 is 1.46. The van der Waals surface area contributed by atoms with Gasteiger partial charge in [0.2, 0.25) is 0 Å². The summed E-state index contributed by atoms with van der Waals surface area (Å²) in [6.45, 7) is 4.18. The SMILES string of the molecule is CCCNC(=O)C(=O)NCC1CCN(C(=O)c2cccnc2SC)CC1. The van der Waals surface area contributed by atoms with Crippen LogP contribution in [0.3, 0.4) is 0 Å². The molecule has 0 saturated carbocycles. The van der Waals surface area contributed by atoms with E-state index >= 15 is 0 Å². The molecule has 0 unspecified atom stereocenters. The van der Waals surface area contributed by atoms with Crippen LogP contribution in [0.15, 0.2) is 23.4 Å². The van der Waals surface area contributed by atoms with Crippen molar-refractivity contribution in [2.24, 2.45) is 5.92 Å². The van der Waals surface area contributed by atoms with E-state index in [1.807, 2.05) is 24.1 Å². The molecule has 0 spiro atoms. The number of hydrogen-bond donors (Lipinski definition) is 2. The van der Waals surface area contributed by atoms with Gasteiger partial charge in [0.05, 0.1) is 5.56 Å². The first-order valence-electron chi connectivity index (χ1n) is 8.91. The number of nitrogens with zero attached hydrogens (tertiary/aromatic N) is 2. The van der Waals surface area contributed by atoms with Gasteiger partial charge in [0.25, 0.3) is 5.91 Å². The zero-order valence-corrected chi connectivity index (χ0v) is 16.1. The summed E-state index contributed by atoms with van der Waals surface area (Å²) in [7, 11) is 0. The molecule has 0 aliphatic carbocycles. The number of pyridine rings is 1. The third-order valence-corrected chi connectivity index (χ3v) is 5.10. The second-order valence-corrected chi connectivity index (χ2v) is 7.06. The van der Waals surface area contributed by atoms with Crippen LogP contribution in [-0.2, 0) is 9.59 Å². The van der Waals surface area contributed by atoms with E-state index in [-0.39, 0.29) is 11.8 Å². The number of carbonyl (C=O) groups excluding carboxylic acids is 3. The van der Waals surface area contributed by atoms with Crippen LogP contribution in [0.4, 0.5) is 0 Å². The third-order valence-electron chi connectivity index (χ3n) is 4.39. The van der Waals surface area contributed by atoms with Crippen LogP contribution in [-0.4, -0.2) is 60.0 Å². The number of rotatable bonds is 6. The largest absolute Gasteiger partial charge is 0.348 e. The second kappa shape index (κ2) is 10.2. The molecule has 1 fully saturated rings. The Hall–Kier alpha value is -2.09. The van der Waals surface area contributed by atoms with Crippen molar-refractivity contribution in [3.05, 3.63) is 23.9 Å². The Bertz CT molecular complexity index is 645. The summed E-state index contributed by atoms with van der Waals surface area (Å²) in [6.07, 6.45) is 5.99. The van der Waals surface area contributed by atoms with Crippen molar-refractivity contribution < 1.29 is 14.4 Å². The molecule has 26 heavy (non-hydrogen) atoms. The predicted octanol–water partition coefficient (Wildman–Crippen LogP) is 1.30. The van der Waals surface area contributed by atoms with Gasteiger partial charge in [0.1, 0.15) is 5.03 Å². The molecule has 1 aromatic rings. The molecule has 7 nitrogen and oxygen atoms in total. The third kappa shape index (κ3) is 5.45. The first-order valence-corrected chi connectivity index (χ1v) is 10.1. The first kappa shape index (κ1) is 20.2. The fourth-order valence-corrected chi connectivity index (χ4v) is 3.40. The van der Waals surface area contributed by atoms with E-state index in [4.69, 9.17) is 0 Å². The van der Waals surface area contributed by atoms with Gasteiger partial charge >= 0.3 is 11.8 Å². The van der Waals surface area contributed by atoms with Gasteiger partial charge in [0, 0.05) is 32.4 Å². The molecule has 142 valence electrons. The van der Waals surface area contributed by atoms with E-state index in [1.165, 1.54) is 11.8 Å². The smallest absolute Gasteiger partial charge is 0.309 e. The van der Waals surface area contributed by atoms with Crippen molar-refractivity contribution in [2.75, 3.05) is 32.4 Å². The average molecular weight is 378 g/mol. The molecular weight excluding hydrogens is 352 g/mol. The minimum absolute atomic E-state index is 0.00359. The fourth-order valence-electron chi connectivity index (χ4n) is 2.86. The van der Waals surface area contributed by atoms with E-state index in [2.05, 4.69) is 15.6 Å². The van der Waals surface area contributed by atoms with Crippen LogP contribution in [0.25, 0.3) is 0 Å². The second-order valence-electron chi connectivity index (χ2n) is 6.26. The average Bonchev–Trinajstić information content (AvgIpc) is 2.69. The highest BCUT2D eigenvalue weighted by molar-refractivity contribution is 7.98. The highest BCUT2D eigenvalue weighted by Crippen LogP contribution is 2.22. The maximum Gasteiger partial charge on any atom is 0.309 e. The van der Waals surface area contributed by atoms with Gasteiger partial charge in [-0.2, -0.15) is 0 Å². The molecule has 1 aromatic heterocycles. The van der Waals surface area contributed by atoms with Gasteiger partial charge in [0.15, 0.2) is 0 Å². The number of hydrogen-bond acceptors (Lipinski definition) is 5. The van der Waals surface area contributed by atoms with Gasteiger partial charge in [-0.05, 0) is 43.6 Å². The van der Waals surface area contributed by atoms with Gasteiger partial charge < -0.3 is 15.5 Å². The van der Waals surface area contributed by atoms with Crippen molar-refractivity contribution in [3.8, 4) is 0 Å². The van der Waals surface area contributed by atoms with Gasteiger partial charge in [-0.25, -0.2) is 4.98 Å². The Morgan fingerprint density at radius 1 is 1.23 bits per heavy atom. The molecule has 1 saturated heterocycles. The van der Waals surface area contributed by atoms with Crippen molar-refractivity contribution >= 4 is 29.5 Å². The maximum absolute atomic E-state index is 12.7. The zero-order valence-electron chi connectivity index (χ0n) is 15.3. The molecule has 0 bridgehead atoms. The topological polar surface area (TPSA) is 91.4 Å². The lowest BCUT2D eigenvalue weighted by molar-refractivity contribution is -0.139. The number of carbonyl (C=O) groups is 3. The number of likely N-dealkylation sites (tertiary alicyclic amines) is 1. The summed E-state index contributed by atoms with van der Waals surface area (Å²) < 4.78 is 0. The monoisotopic (exact) mass is 378 g/mol. The minimum atomic E-state index is -0.586. The molecule has 1 aliphatic heterocycles. The van der Waals surface area contributed by atoms with E-state index in [0.717, 1.165) is 24.3 Å². The molecule has 0 aromatic carbocycles. The van der Waals surface area contributed by atoms with Crippen LogP contribution in [0.2, 0.25) is 0 Å². The van der Waals surface area contributed by atoms with Gasteiger partial charge in [-0.1, -0.05) is 6.92 Å². The molecule has 0 atom stereocenters. The molecule has 2 heterocycles. The standard InChI is InChI=1S/C18H26N4O3S/c1-3-8-19-15(23)16(24)21-12-13-6-10-22(11-7-13)18(25)14-5-4-9-20-17(14)26-2/h4-5,9,13H,3,6-8,10-12H2,1-2H3,(H,19,23)(H,21,24). The summed E-state index contributed by atoms with van der Waals surface area (Å²) in [5.74, 6) is -0.891. The summed E-state index contributed by atoms with van der Waals surface area (Å²) in [5, 5.41) is 5.99. The summed E-state index contributed by atoms with van der Waals surface area (Å²) in [4.78, 5) is 42.0. The molecule has 0 radical (unpaired) electrons. The number of thioether (sulfide) groups is 1. The highest BCUT2D eigenvalue weighted by Gasteiger charge is 2.26. The van der Waals surface area contributed by atoms with Crippen LogP contribution in [0.5, 0.6) is 0 Å². The number of aromatic nitrogens is 1. The molecule has 8 heteroatoms. The molecule has 2 N–H and O–H groups in total. The predicted molar refractivity (Wildman–Crippen MR) is 101 cm³/mol. The Balaban J connectivity index is 1.79. The van der Waals surface area contributed by atoms with Crippen LogP contribution >= 0.6 is 11.8 Å². The van der Waals surface area contributed by atoms with Gasteiger partial charge in [-0.3, -0.25) is 14.4 Å². The van der Waals surface area contributed by atoms with E-state index in [9.17, 15) is 14.4 Å². The zero-order chi connectivity index (χ0) is 18.9. The van der Waals surface area contributed by atoms with E-state index < -0.39 is 11.8 Å². The maximum atomic E-state index is 12.7. The highest BCUT2D eigenvalue weighted by atomic mass is 32.2. The van der Waals surface area contributed by atoms with Gasteiger partial charge in [-0.15, -0.1) is 11.8 Å². The van der Waals surface area contributed by atoms with Crippen molar-refractivity contribution in [2.45, 2.75) is 31.2 Å². The lowest BCUT2D eigenvalue weighted by Gasteiger charge is -2.32. The number of amides is 3. The minimum Gasteiger partial charge on any atom is -0.348 e. The lowest BCUT2D eigenvalue weighted by atomic mass is 9.96. The Labute approximate surface area is 158 Å². The van der Waals surface area contributed by atoms with E-state index in [0.29, 0.717) is 31.7 Å². The Morgan fingerprint density at radius 3 is 2.58 bits per heavy atom. The van der Waals surface area contributed by atoms with E-state index in [1.54, 1.807) is 12.3 Å². The van der Waals surface area contributed by atoms with Crippen molar-refractivity contribution in [3.63, 3.8) is 0 Å². The number of nitrogens with one attached hydrogen (secondary N) is 2. The Kier molecular flexibility index (Phi) is 7.90. The van der Waals surface area contributed by atoms with Crippen LogP contribution in [0.1, 0.15) is 36.5 Å². The normalized spacial score (nSPS) is 14.8. The molecule has 1 aliphatic rings. The number of piperidine rings is 1.